The zero-order valence-electron chi connectivity index (χ0n) is 42.8. The van der Waals surface area contributed by atoms with Crippen LogP contribution < -0.4 is 0 Å². The summed E-state index contributed by atoms with van der Waals surface area (Å²) in [5, 5.41) is 12.9. The highest BCUT2D eigenvalue weighted by molar-refractivity contribution is 6.23. The van der Waals surface area contributed by atoms with Crippen LogP contribution in [0, 0.1) is 0 Å². The molecule has 78 heavy (non-hydrogen) atoms. The summed E-state index contributed by atoms with van der Waals surface area (Å²) in [6, 6.07) is 65.0. The Balaban J connectivity index is 0.798. The maximum absolute atomic E-state index is 7.03. The molecular weight excluding hydrogens is 961 g/mol. The molecule has 6 heteroatoms. The van der Waals surface area contributed by atoms with Gasteiger partial charge >= 0.3 is 0 Å². The Morgan fingerprint density at radius 1 is 0.244 bits per heavy atom. The monoisotopic (exact) mass is 1000 g/mol. The maximum Gasteiger partial charge on any atom is 0.143 e. The van der Waals surface area contributed by atoms with Crippen molar-refractivity contribution in [3.63, 3.8) is 0 Å². The first kappa shape index (κ1) is 41.5. The molecule has 0 bridgehead atoms. The molecule has 19 rings (SSSR count). The van der Waals surface area contributed by atoms with Gasteiger partial charge in [-0.15, -0.1) is 0 Å². The fourth-order valence-electron chi connectivity index (χ4n) is 14.4. The van der Waals surface area contributed by atoms with E-state index in [1.165, 1.54) is 44.5 Å². The lowest BCUT2D eigenvalue weighted by Crippen LogP contribution is -2.17. The molecule has 0 aliphatic heterocycles. The van der Waals surface area contributed by atoms with Gasteiger partial charge in [-0.05, 0) is 153 Å². The predicted octanol–water partition coefficient (Wildman–Crippen LogP) is 21.0. The number of fused-ring (bicyclic) bond motifs is 26. The molecule has 6 heterocycles. The normalized spacial score (nSPS) is 14.6. The maximum atomic E-state index is 7.03. The number of rotatable bonds is 2. The van der Waals surface area contributed by atoms with Gasteiger partial charge in [0.2, 0.25) is 0 Å². The third-order valence-corrected chi connectivity index (χ3v) is 18.2. The molecule has 0 amide bonds. The minimum atomic E-state index is -0.372. The molecule has 6 nitrogen and oxygen atoms in total. The molecule has 0 radical (unpaired) electrons. The molecule has 0 unspecified atom stereocenters. The third kappa shape index (κ3) is 5.05. The molecule has 2 aliphatic carbocycles. The van der Waals surface area contributed by atoms with Crippen LogP contribution in [-0.4, -0.2) is 0 Å². The van der Waals surface area contributed by atoms with Crippen LogP contribution >= 0.6 is 0 Å². The highest BCUT2D eigenvalue weighted by Crippen LogP contribution is 2.61. The standard InChI is InChI=1S/C72H42O6/c1-71(2)51-29-50-52(30-49(51)65-53(71)27-43(69-67(65)41-15-7-11-19-57(41)77-69)35-21-23-39-47-33-61-45(31-63(47)75-59(39)25-35)37-13-5-9-17-55(37)73-61)72(3,4)54-28-44(70-68(66(50)54)42-16-8-12-20-58(42)78-70)36-22-24-40-48-34-62-46(32-64(48)76-60(40)26-36)38-14-6-10-18-56(38)74-62/h5-34H,1-4H3. The minimum Gasteiger partial charge on any atom is -0.456 e. The van der Waals surface area contributed by atoms with Crippen LogP contribution in [0.25, 0.3) is 176 Å². The van der Waals surface area contributed by atoms with E-state index in [2.05, 4.69) is 185 Å². The van der Waals surface area contributed by atoms with Crippen LogP contribution in [0.3, 0.4) is 0 Å². The van der Waals surface area contributed by atoms with E-state index in [0.29, 0.717) is 0 Å². The molecule has 0 fully saturated rings. The fraction of sp³-hybridized carbons (Fsp3) is 0.0833. The summed E-state index contributed by atoms with van der Waals surface area (Å²) in [5.74, 6) is 0. The van der Waals surface area contributed by atoms with Gasteiger partial charge < -0.3 is 26.5 Å². The zero-order valence-corrected chi connectivity index (χ0v) is 42.8. The van der Waals surface area contributed by atoms with Crippen molar-refractivity contribution >= 4 is 132 Å². The summed E-state index contributed by atoms with van der Waals surface area (Å²) >= 11 is 0. The van der Waals surface area contributed by atoms with Gasteiger partial charge in [0.15, 0.2) is 0 Å². The zero-order chi connectivity index (χ0) is 51.2. The van der Waals surface area contributed by atoms with Gasteiger partial charge in [-0.1, -0.05) is 113 Å². The highest BCUT2D eigenvalue weighted by Gasteiger charge is 2.45. The van der Waals surface area contributed by atoms with Gasteiger partial charge in [-0.25, -0.2) is 0 Å². The largest absolute Gasteiger partial charge is 0.456 e. The first-order valence-electron chi connectivity index (χ1n) is 26.9. The minimum absolute atomic E-state index is 0.372. The average Bonchev–Trinajstić information content (AvgIpc) is 4.33. The van der Waals surface area contributed by atoms with Crippen molar-refractivity contribution in [2.75, 3.05) is 0 Å². The number of para-hydroxylation sites is 4. The molecule has 0 spiro atoms. The quantitative estimate of drug-likeness (QED) is 0.172. The summed E-state index contributed by atoms with van der Waals surface area (Å²) in [6.07, 6.45) is 0. The average molecular weight is 1000 g/mol. The Bertz CT molecular complexity index is 5290. The molecule has 0 atom stereocenters. The van der Waals surface area contributed by atoms with Crippen LogP contribution in [0.1, 0.15) is 49.9 Å². The molecule has 0 saturated carbocycles. The number of benzene rings is 11. The van der Waals surface area contributed by atoms with Gasteiger partial charge in [0.1, 0.15) is 67.0 Å². The van der Waals surface area contributed by atoms with E-state index in [9.17, 15) is 0 Å². The first-order valence-corrected chi connectivity index (χ1v) is 26.9. The summed E-state index contributed by atoms with van der Waals surface area (Å²) in [5.41, 5.74) is 23.9. The summed E-state index contributed by atoms with van der Waals surface area (Å²) in [7, 11) is 0. The van der Waals surface area contributed by atoms with Gasteiger partial charge in [0.25, 0.3) is 0 Å². The molecule has 0 N–H and O–H groups in total. The molecule has 6 aromatic heterocycles. The van der Waals surface area contributed by atoms with Crippen molar-refractivity contribution in [3.05, 3.63) is 204 Å². The lowest BCUT2D eigenvalue weighted by atomic mass is 9.79. The smallest absolute Gasteiger partial charge is 0.143 e. The van der Waals surface area contributed by atoms with Crippen molar-refractivity contribution in [3.8, 4) is 44.5 Å². The van der Waals surface area contributed by atoms with Gasteiger partial charge in [-0.2, -0.15) is 0 Å². The van der Waals surface area contributed by atoms with E-state index in [0.717, 1.165) is 154 Å². The van der Waals surface area contributed by atoms with Crippen molar-refractivity contribution < 1.29 is 26.5 Å². The lowest BCUT2D eigenvalue weighted by molar-refractivity contribution is 0.650. The van der Waals surface area contributed by atoms with Crippen molar-refractivity contribution in [2.24, 2.45) is 0 Å². The van der Waals surface area contributed by atoms with E-state index in [-0.39, 0.29) is 10.8 Å². The number of furan rings is 6. The van der Waals surface area contributed by atoms with Crippen LogP contribution in [0.2, 0.25) is 0 Å². The second-order valence-corrected chi connectivity index (χ2v) is 23.0. The van der Waals surface area contributed by atoms with Crippen LogP contribution in [0.5, 0.6) is 0 Å². The SMILES string of the molecule is CC1(C)c2cc3c(cc2-c2c1cc(-c1ccc4c(c1)oc1cc5c(cc14)oc1ccccc15)c1oc4ccccc4c21)C(C)(C)c1cc(-c2ccc4c(c2)oc2cc5c(cc24)oc2ccccc25)c2oc4ccccc4c2c1-3. The third-order valence-electron chi connectivity index (χ3n) is 18.2. The topological polar surface area (TPSA) is 78.8 Å². The van der Waals surface area contributed by atoms with Crippen LogP contribution in [0.4, 0.5) is 0 Å². The van der Waals surface area contributed by atoms with Crippen LogP contribution in [-0.2, 0) is 10.8 Å². The fourth-order valence-corrected chi connectivity index (χ4v) is 14.4. The number of hydrogen-bond donors (Lipinski definition) is 0. The Morgan fingerprint density at radius 2 is 0.551 bits per heavy atom. The summed E-state index contributed by atoms with van der Waals surface area (Å²) in [6.45, 7) is 9.57. The van der Waals surface area contributed by atoms with E-state index >= 15 is 0 Å². The van der Waals surface area contributed by atoms with Crippen LogP contribution in [0.15, 0.2) is 208 Å². The lowest BCUT2D eigenvalue weighted by Gasteiger charge is -2.24. The summed E-state index contributed by atoms with van der Waals surface area (Å²) < 4.78 is 40.2. The highest BCUT2D eigenvalue weighted by atomic mass is 16.4. The molecule has 366 valence electrons. The van der Waals surface area contributed by atoms with Gasteiger partial charge in [-0.3, -0.25) is 0 Å². The summed E-state index contributed by atoms with van der Waals surface area (Å²) in [4.78, 5) is 0. The first-order chi connectivity index (χ1) is 38.1. The van der Waals surface area contributed by atoms with Gasteiger partial charge in [0.05, 0.1) is 0 Å². The molecule has 11 aromatic carbocycles. The Morgan fingerprint density at radius 3 is 0.949 bits per heavy atom. The Labute approximate surface area is 443 Å². The molecule has 0 saturated heterocycles. The van der Waals surface area contributed by atoms with E-state index < -0.39 is 0 Å². The Hall–Kier alpha value is -9.78. The van der Waals surface area contributed by atoms with E-state index in [1.807, 2.05) is 24.3 Å². The molecule has 17 aromatic rings. The van der Waals surface area contributed by atoms with Gasteiger partial charge in [0, 0.05) is 86.6 Å². The number of hydrogen-bond acceptors (Lipinski definition) is 6. The predicted molar refractivity (Wildman–Crippen MR) is 316 cm³/mol. The molecular formula is C72H42O6. The van der Waals surface area contributed by atoms with Crippen molar-refractivity contribution in [1.82, 2.24) is 0 Å². The second-order valence-electron chi connectivity index (χ2n) is 23.0. The van der Waals surface area contributed by atoms with Crippen molar-refractivity contribution in [1.29, 1.82) is 0 Å². The van der Waals surface area contributed by atoms with Crippen molar-refractivity contribution in [2.45, 2.75) is 38.5 Å². The van der Waals surface area contributed by atoms with E-state index in [4.69, 9.17) is 26.5 Å². The van der Waals surface area contributed by atoms with E-state index in [1.54, 1.807) is 0 Å². The molecule has 2 aliphatic rings. The Kier molecular flexibility index (Phi) is 7.33. The second kappa shape index (κ2) is 13.8.